The van der Waals surface area contributed by atoms with E-state index in [-0.39, 0.29) is 33.7 Å². The van der Waals surface area contributed by atoms with Gasteiger partial charge in [-0.05, 0) is 31.2 Å². The van der Waals surface area contributed by atoms with Crippen LogP contribution in [0.2, 0.25) is 0 Å². The van der Waals surface area contributed by atoms with Gasteiger partial charge in [0.25, 0.3) is 0 Å². The van der Waals surface area contributed by atoms with Gasteiger partial charge in [-0.25, -0.2) is 13.6 Å². The van der Waals surface area contributed by atoms with Crippen molar-refractivity contribution < 1.29 is 18.7 Å². The van der Waals surface area contributed by atoms with Crippen LogP contribution in [0.3, 0.4) is 0 Å². The highest BCUT2D eigenvalue weighted by Gasteiger charge is 2.38. The highest BCUT2D eigenvalue weighted by Crippen LogP contribution is 2.44. The second kappa shape index (κ2) is 6.94. The molecule has 1 atom stereocenters. The summed E-state index contributed by atoms with van der Waals surface area (Å²) < 4.78 is 33.1. The van der Waals surface area contributed by atoms with Crippen molar-refractivity contribution in [3.8, 4) is 0 Å². The summed E-state index contributed by atoms with van der Waals surface area (Å²) >= 11 is 0. The SMILES string of the molecule is CN(C)c1c(F)c(N2CCC(C)(CN)C2)c(F)c2c1c(=O)c(C(=O)O)cn2C1CC1. The third-order valence-corrected chi connectivity index (χ3v) is 6.29. The maximum atomic E-state index is 15.9. The molecular formula is C21H26F2N4O3. The third-order valence-electron chi connectivity index (χ3n) is 6.29. The minimum Gasteiger partial charge on any atom is -0.477 e. The number of aromatic nitrogens is 1. The van der Waals surface area contributed by atoms with Gasteiger partial charge in [0.1, 0.15) is 11.3 Å². The summed E-state index contributed by atoms with van der Waals surface area (Å²) in [5, 5.41) is 9.27. The van der Waals surface area contributed by atoms with E-state index in [0.717, 1.165) is 12.8 Å². The minimum absolute atomic E-state index is 0.0334. The lowest BCUT2D eigenvalue weighted by molar-refractivity contribution is 0.0695. The number of aromatic carboxylic acids is 1. The zero-order chi connectivity index (χ0) is 22.0. The molecule has 1 saturated heterocycles. The van der Waals surface area contributed by atoms with Gasteiger partial charge in [-0.3, -0.25) is 4.79 Å². The van der Waals surface area contributed by atoms with Crippen LogP contribution in [0, 0.1) is 17.0 Å². The number of fused-ring (bicyclic) bond motifs is 1. The lowest BCUT2D eigenvalue weighted by Crippen LogP contribution is -2.32. The van der Waals surface area contributed by atoms with Crippen molar-refractivity contribution in [1.29, 1.82) is 0 Å². The number of halogens is 2. The highest BCUT2D eigenvalue weighted by atomic mass is 19.1. The van der Waals surface area contributed by atoms with Gasteiger partial charge in [0.2, 0.25) is 5.43 Å². The molecule has 1 unspecified atom stereocenters. The van der Waals surface area contributed by atoms with E-state index in [1.807, 2.05) is 6.92 Å². The first-order valence-electron chi connectivity index (χ1n) is 10.0. The molecule has 9 heteroatoms. The van der Waals surface area contributed by atoms with E-state index in [0.29, 0.717) is 26.1 Å². The fourth-order valence-corrected chi connectivity index (χ4v) is 4.38. The molecule has 1 aromatic heterocycles. The van der Waals surface area contributed by atoms with Gasteiger partial charge in [0, 0.05) is 39.4 Å². The molecule has 30 heavy (non-hydrogen) atoms. The van der Waals surface area contributed by atoms with Crippen LogP contribution < -0.4 is 21.0 Å². The van der Waals surface area contributed by atoms with Crippen LogP contribution in [0.15, 0.2) is 11.0 Å². The average Bonchev–Trinajstić information content (AvgIpc) is 3.44. The van der Waals surface area contributed by atoms with Crippen molar-refractivity contribution in [3.63, 3.8) is 0 Å². The number of carboxylic acids is 1. The Balaban J connectivity index is 2.10. The van der Waals surface area contributed by atoms with Crippen LogP contribution in [-0.4, -0.2) is 49.4 Å². The van der Waals surface area contributed by atoms with Gasteiger partial charge in [0.15, 0.2) is 11.6 Å². The number of nitrogens with two attached hydrogens (primary N) is 1. The van der Waals surface area contributed by atoms with Gasteiger partial charge in [-0.15, -0.1) is 0 Å². The molecule has 162 valence electrons. The van der Waals surface area contributed by atoms with Crippen molar-refractivity contribution in [1.82, 2.24) is 4.57 Å². The normalized spacial score (nSPS) is 21.5. The first kappa shape index (κ1) is 20.6. The fraction of sp³-hybridized carbons (Fsp3) is 0.524. The van der Waals surface area contributed by atoms with Gasteiger partial charge >= 0.3 is 5.97 Å². The molecule has 0 bridgehead atoms. The molecule has 0 amide bonds. The minimum atomic E-state index is -1.41. The van der Waals surface area contributed by atoms with Crippen molar-refractivity contribution in [3.05, 3.63) is 33.6 Å². The molecule has 2 fully saturated rings. The molecule has 2 heterocycles. The molecule has 4 rings (SSSR count). The van der Waals surface area contributed by atoms with E-state index in [4.69, 9.17) is 5.73 Å². The number of nitrogens with zero attached hydrogens (tertiary/aromatic N) is 3. The lowest BCUT2D eigenvalue weighted by atomic mass is 9.90. The van der Waals surface area contributed by atoms with E-state index in [9.17, 15) is 14.7 Å². The van der Waals surface area contributed by atoms with Gasteiger partial charge in [0.05, 0.1) is 16.6 Å². The van der Waals surface area contributed by atoms with Crippen LogP contribution in [0.5, 0.6) is 0 Å². The van der Waals surface area contributed by atoms with Crippen LogP contribution in [0.4, 0.5) is 20.2 Å². The molecule has 3 N–H and O–H groups in total. The molecule has 1 aliphatic heterocycles. The Hall–Kier alpha value is -2.68. The predicted molar refractivity (Wildman–Crippen MR) is 112 cm³/mol. The summed E-state index contributed by atoms with van der Waals surface area (Å²) in [4.78, 5) is 27.7. The molecule has 0 spiro atoms. The fourth-order valence-electron chi connectivity index (χ4n) is 4.38. The van der Waals surface area contributed by atoms with E-state index in [2.05, 4.69) is 0 Å². The standard InChI is InChI=1S/C21H26F2N4O3/c1-21(9-24)6-7-26(10-21)18-14(22)16(25(2)3)13-17(15(18)23)27(11-4-5-11)8-12(19(13)28)20(29)30/h8,11H,4-7,9-10,24H2,1-3H3,(H,29,30). The van der Waals surface area contributed by atoms with E-state index in [1.54, 1.807) is 19.0 Å². The Morgan fingerprint density at radius 3 is 2.50 bits per heavy atom. The molecule has 1 saturated carbocycles. The lowest BCUT2D eigenvalue weighted by Gasteiger charge is -2.28. The summed E-state index contributed by atoms with van der Waals surface area (Å²) in [5.41, 5.74) is 3.94. The average molecular weight is 420 g/mol. The Morgan fingerprint density at radius 1 is 1.33 bits per heavy atom. The van der Waals surface area contributed by atoms with Crippen molar-refractivity contribution >= 4 is 28.2 Å². The summed E-state index contributed by atoms with van der Waals surface area (Å²) in [6.07, 6.45) is 3.39. The van der Waals surface area contributed by atoms with E-state index >= 15 is 8.78 Å². The number of hydrogen-bond donors (Lipinski definition) is 2. The van der Waals surface area contributed by atoms with Crippen LogP contribution in [0.1, 0.15) is 42.6 Å². The zero-order valence-corrected chi connectivity index (χ0v) is 17.3. The second-order valence-electron chi connectivity index (χ2n) is 8.95. The van der Waals surface area contributed by atoms with Crippen LogP contribution in [0.25, 0.3) is 10.9 Å². The molecule has 0 radical (unpaired) electrons. The van der Waals surface area contributed by atoms with Crippen LogP contribution in [-0.2, 0) is 0 Å². The van der Waals surface area contributed by atoms with Crippen molar-refractivity contribution in [2.45, 2.75) is 32.2 Å². The Bertz CT molecular complexity index is 1110. The molecule has 1 aliphatic carbocycles. The third kappa shape index (κ3) is 3.03. The van der Waals surface area contributed by atoms with Gasteiger partial charge in [-0.1, -0.05) is 6.92 Å². The number of pyridine rings is 1. The largest absolute Gasteiger partial charge is 0.477 e. The Labute approximate surface area is 172 Å². The molecule has 2 aliphatic rings. The summed E-state index contributed by atoms with van der Waals surface area (Å²) in [7, 11) is 3.11. The highest BCUT2D eigenvalue weighted by molar-refractivity contribution is 6.00. The molecule has 7 nitrogen and oxygen atoms in total. The maximum Gasteiger partial charge on any atom is 0.341 e. The topological polar surface area (TPSA) is 91.8 Å². The predicted octanol–water partition coefficient (Wildman–Crippen LogP) is 2.55. The Kier molecular flexibility index (Phi) is 4.76. The van der Waals surface area contributed by atoms with E-state index in [1.165, 1.54) is 15.7 Å². The summed E-state index contributed by atoms with van der Waals surface area (Å²) in [6, 6.07) is -0.109. The quantitative estimate of drug-likeness (QED) is 0.773. The smallest absolute Gasteiger partial charge is 0.341 e. The first-order chi connectivity index (χ1) is 14.1. The summed E-state index contributed by atoms with van der Waals surface area (Å²) in [5.74, 6) is -3.09. The van der Waals surface area contributed by atoms with E-state index < -0.39 is 28.6 Å². The second-order valence-corrected chi connectivity index (χ2v) is 8.95. The van der Waals surface area contributed by atoms with Crippen molar-refractivity contribution in [2.75, 3.05) is 43.5 Å². The number of rotatable bonds is 5. The Morgan fingerprint density at radius 2 is 2.00 bits per heavy atom. The first-order valence-corrected chi connectivity index (χ1v) is 10.0. The number of benzene rings is 1. The molecule has 2 aromatic rings. The summed E-state index contributed by atoms with van der Waals surface area (Å²) in [6.45, 7) is 3.23. The van der Waals surface area contributed by atoms with Crippen molar-refractivity contribution in [2.24, 2.45) is 11.1 Å². The number of anilines is 2. The monoisotopic (exact) mass is 420 g/mol. The van der Waals surface area contributed by atoms with Gasteiger partial charge in [-0.2, -0.15) is 0 Å². The molecule has 1 aromatic carbocycles. The number of carbonyl (C=O) groups is 1. The van der Waals surface area contributed by atoms with Gasteiger partial charge < -0.3 is 25.2 Å². The number of hydrogen-bond acceptors (Lipinski definition) is 5. The zero-order valence-electron chi connectivity index (χ0n) is 17.3. The molecular weight excluding hydrogens is 394 g/mol. The maximum absolute atomic E-state index is 15.9. The number of carboxylic acid groups (broad SMARTS) is 1. The van der Waals surface area contributed by atoms with Crippen LogP contribution >= 0.6 is 0 Å².